The van der Waals surface area contributed by atoms with Gasteiger partial charge in [0.05, 0.1) is 12.7 Å². The number of aryl methyl sites for hydroxylation is 1. The fraction of sp³-hybridized carbons (Fsp3) is 0.125. The molecule has 1 N–H and O–H groups in total. The van der Waals surface area contributed by atoms with Gasteiger partial charge in [-0.15, -0.1) is 0 Å². The maximum Gasteiger partial charge on any atom is 0.181 e. The van der Waals surface area contributed by atoms with Crippen molar-refractivity contribution in [2.24, 2.45) is 0 Å². The maximum atomic E-state index is 9.15. The van der Waals surface area contributed by atoms with Crippen LogP contribution < -0.4 is 4.74 Å². The molecule has 0 saturated carbocycles. The van der Waals surface area contributed by atoms with Gasteiger partial charge in [0.1, 0.15) is 11.8 Å². The first kappa shape index (κ1) is 13.8. The topological polar surface area (TPSA) is 87.5 Å². The SMILES string of the molecule is COc1ccc(-c2nc(-c3ccnc(C)c3)n[nH]2)cc1C#N. The zero-order valence-electron chi connectivity index (χ0n) is 12.2. The number of aromatic nitrogens is 4. The van der Waals surface area contributed by atoms with E-state index < -0.39 is 0 Å². The second-order valence-electron chi connectivity index (χ2n) is 4.72. The number of aromatic amines is 1. The third kappa shape index (κ3) is 2.52. The standard InChI is InChI=1S/C16H13N5O/c1-10-7-12(5-6-18-10)16-19-15(20-21-16)11-3-4-14(22-2)13(8-11)9-17/h3-8H,1-2H3,(H,19,20,21). The van der Waals surface area contributed by atoms with Crippen molar-refractivity contribution in [1.82, 2.24) is 20.2 Å². The second kappa shape index (κ2) is 5.66. The Morgan fingerprint density at radius 1 is 1.18 bits per heavy atom. The Morgan fingerprint density at radius 3 is 2.77 bits per heavy atom. The number of nitriles is 1. The van der Waals surface area contributed by atoms with Crippen LogP contribution in [-0.2, 0) is 0 Å². The molecule has 0 unspecified atom stereocenters. The molecule has 0 aliphatic rings. The van der Waals surface area contributed by atoms with Gasteiger partial charge in [0.15, 0.2) is 11.6 Å². The number of hydrogen-bond acceptors (Lipinski definition) is 5. The van der Waals surface area contributed by atoms with Crippen molar-refractivity contribution in [3.05, 3.63) is 47.8 Å². The molecule has 6 heteroatoms. The summed E-state index contributed by atoms with van der Waals surface area (Å²) < 4.78 is 5.14. The van der Waals surface area contributed by atoms with Gasteiger partial charge in [-0.05, 0) is 37.3 Å². The van der Waals surface area contributed by atoms with E-state index in [1.165, 1.54) is 7.11 Å². The number of benzene rings is 1. The van der Waals surface area contributed by atoms with Gasteiger partial charge in [0, 0.05) is 23.0 Å². The highest BCUT2D eigenvalue weighted by Crippen LogP contribution is 2.25. The molecule has 0 saturated heterocycles. The van der Waals surface area contributed by atoms with Crippen molar-refractivity contribution in [3.63, 3.8) is 0 Å². The minimum absolute atomic E-state index is 0.456. The molecule has 0 atom stereocenters. The summed E-state index contributed by atoms with van der Waals surface area (Å²) in [5.74, 6) is 1.73. The van der Waals surface area contributed by atoms with Crippen LogP contribution in [0.25, 0.3) is 22.8 Å². The van der Waals surface area contributed by atoms with E-state index in [2.05, 4.69) is 26.2 Å². The normalized spacial score (nSPS) is 10.2. The highest BCUT2D eigenvalue weighted by atomic mass is 16.5. The molecule has 108 valence electrons. The smallest absolute Gasteiger partial charge is 0.181 e. The van der Waals surface area contributed by atoms with E-state index in [0.29, 0.717) is 23.0 Å². The molecule has 0 bridgehead atoms. The first-order valence-electron chi connectivity index (χ1n) is 6.65. The lowest BCUT2D eigenvalue weighted by molar-refractivity contribution is 0.413. The van der Waals surface area contributed by atoms with Crippen molar-refractivity contribution in [2.45, 2.75) is 6.92 Å². The molecule has 2 heterocycles. The van der Waals surface area contributed by atoms with Gasteiger partial charge in [0.2, 0.25) is 0 Å². The first-order chi connectivity index (χ1) is 10.7. The Labute approximate surface area is 127 Å². The fourth-order valence-corrected chi connectivity index (χ4v) is 2.15. The Hall–Kier alpha value is -3.20. The molecule has 0 radical (unpaired) electrons. The average Bonchev–Trinajstić information content (AvgIpc) is 3.04. The van der Waals surface area contributed by atoms with Crippen LogP contribution in [0.2, 0.25) is 0 Å². The van der Waals surface area contributed by atoms with Crippen molar-refractivity contribution >= 4 is 0 Å². The van der Waals surface area contributed by atoms with Crippen LogP contribution in [0.4, 0.5) is 0 Å². The highest BCUT2D eigenvalue weighted by molar-refractivity contribution is 5.64. The largest absolute Gasteiger partial charge is 0.495 e. The van der Waals surface area contributed by atoms with Crippen LogP contribution in [0.15, 0.2) is 36.5 Å². The van der Waals surface area contributed by atoms with Crippen molar-refractivity contribution in [1.29, 1.82) is 5.26 Å². The van der Waals surface area contributed by atoms with Gasteiger partial charge < -0.3 is 4.74 Å². The predicted octanol–water partition coefficient (Wildman–Crippen LogP) is 2.72. The molecule has 3 rings (SSSR count). The lowest BCUT2D eigenvalue weighted by Crippen LogP contribution is -1.89. The number of pyridine rings is 1. The number of rotatable bonds is 3. The van der Waals surface area contributed by atoms with Crippen LogP contribution in [0.3, 0.4) is 0 Å². The lowest BCUT2D eigenvalue weighted by atomic mass is 10.1. The Balaban J connectivity index is 1.99. The van der Waals surface area contributed by atoms with Gasteiger partial charge in [0.25, 0.3) is 0 Å². The van der Waals surface area contributed by atoms with Crippen LogP contribution in [0, 0.1) is 18.3 Å². The van der Waals surface area contributed by atoms with Crippen molar-refractivity contribution in [2.75, 3.05) is 7.11 Å². The van der Waals surface area contributed by atoms with Gasteiger partial charge in [-0.1, -0.05) is 0 Å². The third-order valence-electron chi connectivity index (χ3n) is 3.23. The molecule has 0 fully saturated rings. The second-order valence-corrected chi connectivity index (χ2v) is 4.72. The minimum Gasteiger partial charge on any atom is -0.495 e. The number of methoxy groups -OCH3 is 1. The van der Waals surface area contributed by atoms with E-state index in [1.54, 1.807) is 18.3 Å². The van der Waals surface area contributed by atoms with Crippen LogP contribution >= 0.6 is 0 Å². The van der Waals surface area contributed by atoms with Gasteiger partial charge in [-0.25, -0.2) is 4.98 Å². The summed E-state index contributed by atoms with van der Waals surface area (Å²) >= 11 is 0. The van der Waals surface area contributed by atoms with Gasteiger partial charge >= 0.3 is 0 Å². The molecular weight excluding hydrogens is 278 g/mol. The third-order valence-corrected chi connectivity index (χ3v) is 3.23. The first-order valence-corrected chi connectivity index (χ1v) is 6.65. The summed E-state index contributed by atoms with van der Waals surface area (Å²) in [5, 5.41) is 16.3. The highest BCUT2D eigenvalue weighted by Gasteiger charge is 2.10. The maximum absolute atomic E-state index is 9.15. The molecule has 3 aromatic rings. The summed E-state index contributed by atoms with van der Waals surface area (Å²) in [6, 6.07) is 11.2. The number of nitrogens with one attached hydrogen (secondary N) is 1. The zero-order chi connectivity index (χ0) is 15.5. The molecule has 0 aliphatic carbocycles. The quantitative estimate of drug-likeness (QED) is 0.801. The number of ether oxygens (including phenoxy) is 1. The van der Waals surface area contributed by atoms with E-state index in [1.807, 2.05) is 25.1 Å². The van der Waals surface area contributed by atoms with E-state index in [0.717, 1.165) is 16.8 Å². The molecule has 22 heavy (non-hydrogen) atoms. The van der Waals surface area contributed by atoms with E-state index in [-0.39, 0.29) is 0 Å². The Bertz CT molecular complexity index is 863. The summed E-state index contributed by atoms with van der Waals surface area (Å²) in [5.41, 5.74) is 3.03. The average molecular weight is 291 g/mol. The molecular formula is C16H13N5O. The minimum atomic E-state index is 0.456. The van der Waals surface area contributed by atoms with Gasteiger partial charge in [-0.3, -0.25) is 10.1 Å². The summed E-state index contributed by atoms with van der Waals surface area (Å²) in [6.07, 6.45) is 1.72. The molecule has 0 spiro atoms. The van der Waals surface area contributed by atoms with Gasteiger partial charge in [-0.2, -0.15) is 10.4 Å². The lowest BCUT2D eigenvalue weighted by Gasteiger charge is -2.03. The molecule has 0 aliphatic heterocycles. The monoisotopic (exact) mass is 291 g/mol. The van der Waals surface area contributed by atoms with E-state index in [4.69, 9.17) is 10.00 Å². The van der Waals surface area contributed by atoms with E-state index in [9.17, 15) is 0 Å². The Kier molecular flexibility index (Phi) is 3.54. The summed E-state index contributed by atoms with van der Waals surface area (Å²) in [7, 11) is 1.54. The van der Waals surface area contributed by atoms with Crippen LogP contribution in [0.5, 0.6) is 5.75 Å². The Morgan fingerprint density at radius 2 is 2.05 bits per heavy atom. The molecule has 2 aromatic heterocycles. The van der Waals surface area contributed by atoms with Crippen LogP contribution in [0.1, 0.15) is 11.3 Å². The number of H-pyrrole nitrogens is 1. The molecule has 6 nitrogen and oxygen atoms in total. The summed E-state index contributed by atoms with van der Waals surface area (Å²) in [6.45, 7) is 1.92. The van der Waals surface area contributed by atoms with Crippen molar-refractivity contribution in [3.8, 4) is 34.6 Å². The number of hydrogen-bond donors (Lipinski definition) is 1. The number of nitrogens with zero attached hydrogens (tertiary/aromatic N) is 4. The predicted molar refractivity (Wildman–Crippen MR) is 81.1 cm³/mol. The molecule has 1 aromatic carbocycles. The summed E-state index contributed by atoms with van der Waals surface area (Å²) in [4.78, 5) is 8.63. The fourth-order valence-electron chi connectivity index (χ4n) is 2.15. The van der Waals surface area contributed by atoms with E-state index >= 15 is 0 Å². The van der Waals surface area contributed by atoms with Crippen LogP contribution in [-0.4, -0.2) is 27.3 Å². The van der Waals surface area contributed by atoms with Crippen molar-refractivity contribution < 1.29 is 4.74 Å². The zero-order valence-corrected chi connectivity index (χ0v) is 12.2. The molecule has 0 amide bonds.